The van der Waals surface area contributed by atoms with Gasteiger partial charge in [0.25, 0.3) is 10.0 Å². The highest BCUT2D eigenvalue weighted by Crippen LogP contribution is 2.38. The van der Waals surface area contributed by atoms with Gasteiger partial charge in [-0.05, 0) is 80.3 Å². The summed E-state index contributed by atoms with van der Waals surface area (Å²) in [5.74, 6) is -1.05. The molecule has 0 aliphatic carbocycles. The number of carbonyl (C=O) groups excluding carboxylic acids is 2. The number of benzene rings is 3. The lowest BCUT2D eigenvalue weighted by molar-refractivity contribution is -0.122. The maximum absolute atomic E-state index is 14.0. The number of aryl methyl sites for hydroxylation is 4. The lowest BCUT2D eigenvalue weighted by atomic mass is 10.1. The van der Waals surface area contributed by atoms with Gasteiger partial charge in [0.1, 0.15) is 6.04 Å². The number of sulfonamides is 1. The molecule has 0 saturated carbocycles. The van der Waals surface area contributed by atoms with Gasteiger partial charge in [0.15, 0.2) is 0 Å². The number of hydrogen-bond acceptors (Lipinski definition) is 4. The molecule has 0 radical (unpaired) electrons. The highest BCUT2D eigenvalue weighted by molar-refractivity contribution is 7.93. The predicted octanol–water partition coefficient (Wildman–Crippen LogP) is 5.12. The molecule has 1 aliphatic rings. The lowest BCUT2D eigenvalue weighted by Gasteiger charge is -2.37. The molecule has 7 nitrogen and oxygen atoms in total. The summed E-state index contributed by atoms with van der Waals surface area (Å²) in [6.07, 6.45) is -0.363. The molecule has 9 heteroatoms. The number of para-hydroxylation sites is 2. The van der Waals surface area contributed by atoms with E-state index in [4.69, 9.17) is 11.6 Å². The largest absolute Gasteiger partial charge is 0.326 e. The standard InChI is InChI=1S/C26H26ClN3O4S/c1-15-9-10-16(2)21(11-15)28-25(31)14-23-26(32)29-20-7-5-6-8-22(20)30(23)35(33,34)24-13-17(3)19(27)12-18(24)4/h5-13,23H,14H2,1-4H3,(H,28,31)(H,29,32). The Morgan fingerprint density at radius 1 is 1.00 bits per heavy atom. The van der Waals surface area contributed by atoms with Crippen molar-refractivity contribution in [3.63, 3.8) is 0 Å². The van der Waals surface area contributed by atoms with E-state index in [9.17, 15) is 18.0 Å². The van der Waals surface area contributed by atoms with Gasteiger partial charge in [0, 0.05) is 10.7 Å². The molecule has 1 heterocycles. The van der Waals surface area contributed by atoms with Crippen molar-refractivity contribution in [3.05, 3.63) is 81.9 Å². The Bertz CT molecular complexity index is 1450. The summed E-state index contributed by atoms with van der Waals surface area (Å²) in [4.78, 5) is 26.2. The maximum atomic E-state index is 14.0. The van der Waals surface area contributed by atoms with Crippen LogP contribution in [0.5, 0.6) is 0 Å². The highest BCUT2D eigenvalue weighted by Gasteiger charge is 2.42. The van der Waals surface area contributed by atoms with E-state index >= 15 is 0 Å². The molecule has 0 aromatic heterocycles. The fourth-order valence-electron chi connectivity index (χ4n) is 4.12. The minimum absolute atomic E-state index is 0.0313. The van der Waals surface area contributed by atoms with Gasteiger partial charge in [0.05, 0.1) is 22.7 Å². The molecular weight excluding hydrogens is 486 g/mol. The van der Waals surface area contributed by atoms with Gasteiger partial charge in [-0.3, -0.25) is 13.9 Å². The Hall–Kier alpha value is -3.36. The average molecular weight is 512 g/mol. The third-order valence-corrected chi connectivity index (χ3v) is 8.40. The molecule has 1 unspecified atom stereocenters. The van der Waals surface area contributed by atoms with E-state index in [2.05, 4.69) is 10.6 Å². The fourth-order valence-corrected chi connectivity index (χ4v) is 6.27. The first-order valence-electron chi connectivity index (χ1n) is 11.1. The van der Waals surface area contributed by atoms with Gasteiger partial charge in [-0.25, -0.2) is 8.42 Å². The van der Waals surface area contributed by atoms with Gasteiger partial charge in [-0.2, -0.15) is 0 Å². The van der Waals surface area contributed by atoms with Crippen molar-refractivity contribution < 1.29 is 18.0 Å². The van der Waals surface area contributed by atoms with Crippen LogP contribution in [0, 0.1) is 27.7 Å². The summed E-state index contributed by atoms with van der Waals surface area (Å²) in [5, 5.41) is 6.01. The van der Waals surface area contributed by atoms with E-state index in [1.165, 1.54) is 6.07 Å². The van der Waals surface area contributed by atoms with Crippen LogP contribution in [0.15, 0.2) is 59.5 Å². The van der Waals surface area contributed by atoms with Crippen LogP contribution in [0.1, 0.15) is 28.7 Å². The minimum atomic E-state index is -4.23. The van der Waals surface area contributed by atoms with E-state index in [1.54, 1.807) is 44.2 Å². The molecule has 182 valence electrons. The van der Waals surface area contributed by atoms with Crippen molar-refractivity contribution in [2.45, 2.75) is 45.1 Å². The number of anilines is 3. The Morgan fingerprint density at radius 3 is 2.46 bits per heavy atom. The Kier molecular flexibility index (Phi) is 6.62. The summed E-state index contributed by atoms with van der Waals surface area (Å²) >= 11 is 6.20. The van der Waals surface area contributed by atoms with Crippen LogP contribution in [-0.4, -0.2) is 26.3 Å². The second-order valence-electron chi connectivity index (χ2n) is 8.76. The molecule has 0 bridgehead atoms. The first kappa shape index (κ1) is 24.8. The molecule has 3 aromatic rings. The molecule has 3 aromatic carbocycles. The van der Waals surface area contributed by atoms with Crippen molar-refractivity contribution >= 4 is 50.5 Å². The second kappa shape index (κ2) is 9.36. The first-order valence-corrected chi connectivity index (χ1v) is 12.9. The SMILES string of the molecule is Cc1ccc(C)c(NC(=O)CC2C(=O)Nc3ccccc3N2S(=O)(=O)c2cc(C)c(Cl)cc2C)c1. The zero-order chi connectivity index (χ0) is 25.5. The number of halogens is 1. The second-order valence-corrected chi connectivity index (χ2v) is 11.0. The average Bonchev–Trinajstić information content (AvgIpc) is 2.78. The third kappa shape index (κ3) is 4.76. The Balaban J connectivity index is 1.77. The van der Waals surface area contributed by atoms with Crippen molar-refractivity contribution in [2.24, 2.45) is 0 Å². The molecule has 2 N–H and O–H groups in total. The van der Waals surface area contributed by atoms with Gasteiger partial charge >= 0.3 is 0 Å². The predicted molar refractivity (Wildman–Crippen MR) is 139 cm³/mol. The Morgan fingerprint density at radius 2 is 1.71 bits per heavy atom. The van der Waals surface area contributed by atoms with Crippen LogP contribution in [-0.2, 0) is 19.6 Å². The highest BCUT2D eigenvalue weighted by atomic mass is 35.5. The minimum Gasteiger partial charge on any atom is -0.326 e. The van der Waals surface area contributed by atoms with Crippen LogP contribution in [0.3, 0.4) is 0 Å². The molecule has 1 aliphatic heterocycles. The zero-order valence-electron chi connectivity index (χ0n) is 19.8. The number of carbonyl (C=O) groups is 2. The molecule has 0 fully saturated rings. The van der Waals surface area contributed by atoms with E-state index < -0.39 is 27.9 Å². The summed E-state index contributed by atoms with van der Waals surface area (Å²) in [7, 11) is -4.23. The maximum Gasteiger partial charge on any atom is 0.265 e. The van der Waals surface area contributed by atoms with E-state index in [1.807, 2.05) is 32.0 Å². The number of fused-ring (bicyclic) bond motifs is 1. The van der Waals surface area contributed by atoms with Gasteiger partial charge in [-0.15, -0.1) is 0 Å². The van der Waals surface area contributed by atoms with Crippen molar-refractivity contribution in [1.82, 2.24) is 0 Å². The van der Waals surface area contributed by atoms with Crippen LogP contribution >= 0.6 is 11.6 Å². The van der Waals surface area contributed by atoms with Gasteiger partial charge in [-0.1, -0.05) is 35.9 Å². The first-order chi connectivity index (χ1) is 16.5. The summed E-state index contributed by atoms with van der Waals surface area (Å²) in [5.41, 5.74) is 4.13. The quantitative estimate of drug-likeness (QED) is 0.497. The molecule has 0 saturated heterocycles. The number of nitrogens with one attached hydrogen (secondary N) is 2. The Labute approximate surface area is 210 Å². The number of nitrogens with zero attached hydrogens (tertiary/aromatic N) is 1. The normalized spacial score (nSPS) is 15.4. The number of rotatable bonds is 5. The topological polar surface area (TPSA) is 95.6 Å². The van der Waals surface area contributed by atoms with Crippen LogP contribution in [0.2, 0.25) is 5.02 Å². The van der Waals surface area contributed by atoms with Crippen molar-refractivity contribution in [3.8, 4) is 0 Å². The summed E-state index contributed by atoms with van der Waals surface area (Å²) < 4.78 is 29.1. The van der Waals surface area contributed by atoms with Gasteiger partial charge in [0.2, 0.25) is 11.8 Å². The number of hydrogen-bond donors (Lipinski definition) is 2. The monoisotopic (exact) mass is 511 g/mol. The van der Waals surface area contributed by atoms with Crippen molar-refractivity contribution in [2.75, 3.05) is 14.9 Å². The lowest BCUT2D eigenvalue weighted by Crippen LogP contribution is -2.52. The van der Waals surface area contributed by atoms with Gasteiger partial charge < -0.3 is 10.6 Å². The van der Waals surface area contributed by atoms with Crippen molar-refractivity contribution in [1.29, 1.82) is 0 Å². The molecule has 4 rings (SSSR count). The molecule has 2 amide bonds. The van der Waals surface area contributed by atoms with Crippen LogP contribution in [0.4, 0.5) is 17.1 Å². The summed E-state index contributed by atoms with van der Waals surface area (Å²) in [6, 6.07) is 14.1. The third-order valence-electron chi connectivity index (χ3n) is 6.02. The number of amides is 2. The zero-order valence-corrected chi connectivity index (χ0v) is 21.4. The van der Waals surface area contributed by atoms with Crippen LogP contribution < -0.4 is 14.9 Å². The van der Waals surface area contributed by atoms with E-state index in [0.29, 0.717) is 33.2 Å². The summed E-state index contributed by atoms with van der Waals surface area (Å²) in [6.45, 7) is 7.13. The van der Waals surface area contributed by atoms with E-state index in [-0.39, 0.29) is 11.3 Å². The molecule has 1 atom stereocenters. The fraction of sp³-hybridized carbons (Fsp3) is 0.231. The smallest absolute Gasteiger partial charge is 0.265 e. The van der Waals surface area contributed by atoms with E-state index in [0.717, 1.165) is 15.4 Å². The molecule has 35 heavy (non-hydrogen) atoms. The molecular formula is C26H26ClN3O4S. The van der Waals surface area contributed by atoms with Crippen LogP contribution in [0.25, 0.3) is 0 Å². The molecule has 0 spiro atoms.